The number of anilines is 1. The molecule has 1 aromatic heterocycles. The number of nitrogens with one attached hydrogen (secondary N) is 1. The maximum Gasteiger partial charge on any atom is 0.203 e. The van der Waals surface area contributed by atoms with Crippen molar-refractivity contribution in [1.29, 1.82) is 0 Å². The van der Waals surface area contributed by atoms with Crippen molar-refractivity contribution in [3.05, 3.63) is 47.0 Å². The number of rotatable bonds is 4. The van der Waals surface area contributed by atoms with Gasteiger partial charge in [-0.05, 0) is 24.6 Å². The smallest absolute Gasteiger partial charge is 0.203 e. The van der Waals surface area contributed by atoms with Gasteiger partial charge in [0.15, 0.2) is 0 Å². The van der Waals surface area contributed by atoms with Crippen LogP contribution >= 0.6 is 11.6 Å². The maximum absolute atomic E-state index is 13.0. The summed E-state index contributed by atoms with van der Waals surface area (Å²) >= 11 is 5.74. The van der Waals surface area contributed by atoms with Crippen molar-refractivity contribution in [2.24, 2.45) is 0 Å². The Morgan fingerprint density at radius 3 is 3.00 bits per heavy atom. The number of benzene rings is 1. The van der Waals surface area contributed by atoms with Crippen LogP contribution in [0.15, 0.2) is 30.6 Å². The Balaban J connectivity index is 2.19. The molecule has 3 nitrogen and oxygen atoms in total. The minimum absolute atomic E-state index is 0.146. The van der Waals surface area contributed by atoms with Gasteiger partial charge in [0, 0.05) is 18.9 Å². The van der Waals surface area contributed by atoms with Crippen molar-refractivity contribution < 1.29 is 4.39 Å². The summed E-state index contributed by atoms with van der Waals surface area (Å²) in [6.07, 6.45) is 3.60. The quantitative estimate of drug-likeness (QED) is 0.907. The molecule has 0 atom stereocenters. The highest BCUT2D eigenvalue weighted by Crippen LogP contribution is 2.17. The summed E-state index contributed by atoms with van der Waals surface area (Å²) in [6.45, 7) is 3.43. The third-order valence-corrected chi connectivity index (χ3v) is 2.68. The van der Waals surface area contributed by atoms with Crippen LogP contribution in [0.2, 0.25) is 5.02 Å². The molecular weight excluding hydrogens is 241 g/mol. The van der Waals surface area contributed by atoms with Crippen LogP contribution in [0.25, 0.3) is 0 Å². The van der Waals surface area contributed by atoms with Crippen LogP contribution in [0, 0.1) is 5.82 Å². The summed E-state index contributed by atoms with van der Waals surface area (Å²) in [5, 5.41) is 3.29. The van der Waals surface area contributed by atoms with Gasteiger partial charge in [-0.3, -0.25) is 0 Å². The average molecular weight is 254 g/mol. The molecule has 1 aromatic carbocycles. The van der Waals surface area contributed by atoms with Gasteiger partial charge >= 0.3 is 0 Å². The van der Waals surface area contributed by atoms with Crippen molar-refractivity contribution >= 4 is 17.5 Å². The Hall–Kier alpha value is -1.55. The fraction of sp³-hybridized carbons (Fsp3) is 0.250. The van der Waals surface area contributed by atoms with Gasteiger partial charge in [-0.25, -0.2) is 9.37 Å². The van der Waals surface area contributed by atoms with Gasteiger partial charge < -0.3 is 9.88 Å². The summed E-state index contributed by atoms with van der Waals surface area (Å²) in [5.74, 6) is 0.404. The molecule has 0 spiro atoms. The van der Waals surface area contributed by atoms with E-state index in [1.54, 1.807) is 18.3 Å². The third kappa shape index (κ3) is 2.77. The van der Waals surface area contributed by atoms with Crippen molar-refractivity contribution in [3.8, 4) is 0 Å². The first kappa shape index (κ1) is 11.9. The van der Waals surface area contributed by atoms with Crippen LogP contribution in [0.3, 0.4) is 0 Å². The predicted octanol–water partition coefficient (Wildman–Crippen LogP) is 3.16. The first-order valence-corrected chi connectivity index (χ1v) is 5.77. The van der Waals surface area contributed by atoms with Gasteiger partial charge in [0.1, 0.15) is 5.82 Å². The van der Waals surface area contributed by atoms with E-state index in [0.717, 1.165) is 18.1 Å². The lowest BCUT2D eigenvalue weighted by atomic mass is 10.2. The molecule has 1 N–H and O–H groups in total. The zero-order valence-electron chi connectivity index (χ0n) is 9.45. The fourth-order valence-electron chi connectivity index (χ4n) is 1.60. The number of nitrogens with zero attached hydrogens (tertiary/aromatic N) is 2. The Labute approximate surface area is 104 Å². The highest BCUT2D eigenvalue weighted by molar-refractivity contribution is 6.30. The van der Waals surface area contributed by atoms with E-state index in [9.17, 15) is 4.39 Å². The lowest BCUT2D eigenvalue weighted by Crippen LogP contribution is -2.07. The van der Waals surface area contributed by atoms with E-state index < -0.39 is 5.82 Å². The molecule has 0 saturated heterocycles. The first-order chi connectivity index (χ1) is 8.20. The molecule has 5 heteroatoms. The lowest BCUT2D eigenvalue weighted by Gasteiger charge is -2.08. The van der Waals surface area contributed by atoms with Crippen molar-refractivity contribution in [2.75, 3.05) is 11.9 Å². The van der Waals surface area contributed by atoms with Crippen LogP contribution in [-0.2, 0) is 6.54 Å². The predicted molar refractivity (Wildman–Crippen MR) is 66.9 cm³/mol. The van der Waals surface area contributed by atoms with E-state index in [2.05, 4.69) is 10.3 Å². The van der Waals surface area contributed by atoms with Crippen molar-refractivity contribution in [2.45, 2.75) is 13.5 Å². The highest BCUT2D eigenvalue weighted by atomic mass is 35.5. The Morgan fingerprint density at radius 2 is 2.29 bits per heavy atom. The Kier molecular flexibility index (Phi) is 3.64. The topological polar surface area (TPSA) is 29.9 Å². The molecular formula is C12H13ClFN3. The standard InChI is InChI=1S/C12H13ClFN3/c1-2-15-12-16-5-6-17(12)8-9-3-4-11(14)10(13)7-9/h3-7H,2,8H2,1H3,(H,15,16). The SMILES string of the molecule is CCNc1nccn1Cc1ccc(F)c(Cl)c1. The zero-order valence-corrected chi connectivity index (χ0v) is 10.2. The molecule has 17 heavy (non-hydrogen) atoms. The molecule has 0 fully saturated rings. The molecule has 0 aliphatic heterocycles. The van der Waals surface area contributed by atoms with E-state index in [1.807, 2.05) is 17.7 Å². The van der Waals surface area contributed by atoms with Gasteiger partial charge in [0.25, 0.3) is 0 Å². The van der Waals surface area contributed by atoms with Crippen LogP contribution in [0.1, 0.15) is 12.5 Å². The second-order valence-electron chi connectivity index (χ2n) is 3.66. The maximum atomic E-state index is 13.0. The summed E-state index contributed by atoms with van der Waals surface area (Å²) in [4.78, 5) is 4.19. The number of imidazole rings is 1. The second kappa shape index (κ2) is 5.19. The monoisotopic (exact) mass is 253 g/mol. The molecule has 0 saturated carbocycles. The van der Waals surface area contributed by atoms with E-state index in [1.165, 1.54) is 6.07 Å². The highest BCUT2D eigenvalue weighted by Gasteiger charge is 2.04. The van der Waals surface area contributed by atoms with E-state index >= 15 is 0 Å². The number of aromatic nitrogens is 2. The van der Waals surface area contributed by atoms with Crippen LogP contribution < -0.4 is 5.32 Å². The number of hydrogen-bond acceptors (Lipinski definition) is 2. The molecule has 0 amide bonds. The van der Waals surface area contributed by atoms with Gasteiger partial charge in [-0.2, -0.15) is 0 Å². The van der Waals surface area contributed by atoms with Crippen LogP contribution in [0.5, 0.6) is 0 Å². The largest absolute Gasteiger partial charge is 0.356 e. The summed E-state index contributed by atoms with van der Waals surface area (Å²) < 4.78 is 15.0. The first-order valence-electron chi connectivity index (χ1n) is 5.39. The summed E-state index contributed by atoms with van der Waals surface area (Å²) in [7, 11) is 0. The van der Waals surface area contributed by atoms with E-state index in [-0.39, 0.29) is 5.02 Å². The molecule has 0 radical (unpaired) electrons. The summed E-state index contributed by atoms with van der Waals surface area (Å²) in [6, 6.07) is 4.73. The second-order valence-corrected chi connectivity index (χ2v) is 4.06. The van der Waals surface area contributed by atoms with E-state index in [4.69, 9.17) is 11.6 Å². The molecule has 2 aromatic rings. The molecule has 0 bridgehead atoms. The van der Waals surface area contributed by atoms with Crippen LogP contribution in [0.4, 0.5) is 10.3 Å². The minimum Gasteiger partial charge on any atom is -0.356 e. The van der Waals surface area contributed by atoms with Gasteiger partial charge in [-0.1, -0.05) is 17.7 Å². The Morgan fingerprint density at radius 1 is 1.47 bits per heavy atom. The lowest BCUT2D eigenvalue weighted by molar-refractivity contribution is 0.627. The molecule has 0 aliphatic rings. The average Bonchev–Trinajstić information content (AvgIpc) is 2.72. The molecule has 0 aliphatic carbocycles. The number of hydrogen-bond donors (Lipinski definition) is 1. The molecule has 2 rings (SSSR count). The van der Waals surface area contributed by atoms with Gasteiger partial charge in [0.05, 0.1) is 11.6 Å². The van der Waals surface area contributed by atoms with Gasteiger partial charge in [0.2, 0.25) is 5.95 Å². The van der Waals surface area contributed by atoms with Gasteiger partial charge in [-0.15, -0.1) is 0 Å². The molecule has 1 heterocycles. The Bertz CT molecular complexity index is 510. The minimum atomic E-state index is -0.395. The zero-order chi connectivity index (χ0) is 12.3. The molecule has 0 unspecified atom stereocenters. The normalized spacial score (nSPS) is 10.5. The van der Waals surface area contributed by atoms with Crippen molar-refractivity contribution in [3.63, 3.8) is 0 Å². The van der Waals surface area contributed by atoms with Crippen LogP contribution in [-0.4, -0.2) is 16.1 Å². The van der Waals surface area contributed by atoms with E-state index in [0.29, 0.717) is 6.54 Å². The summed E-state index contributed by atoms with van der Waals surface area (Å²) in [5.41, 5.74) is 0.938. The molecule has 90 valence electrons. The van der Waals surface area contributed by atoms with Crippen molar-refractivity contribution in [1.82, 2.24) is 9.55 Å². The fourth-order valence-corrected chi connectivity index (χ4v) is 1.80. The third-order valence-electron chi connectivity index (χ3n) is 2.39. The number of halogens is 2.